The SMILES string of the molecule is CNc1nc(C)cc(NCC(O)C2CC2)n1. The van der Waals surface area contributed by atoms with Crippen molar-refractivity contribution in [3.63, 3.8) is 0 Å². The molecular formula is C11H18N4O. The molecule has 1 saturated carbocycles. The summed E-state index contributed by atoms with van der Waals surface area (Å²) < 4.78 is 0. The number of hydrogen-bond acceptors (Lipinski definition) is 5. The summed E-state index contributed by atoms with van der Waals surface area (Å²) in [5.41, 5.74) is 0.905. The van der Waals surface area contributed by atoms with Crippen molar-refractivity contribution in [2.24, 2.45) is 5.92 Å². The van der Waals surface area contributed by atoms with E-state index in [4.69, 9.17) is 0 Å². The van der Waals surface area contributed by atoms with E-state index in [1.54, 1.807) is 7.05 Å². The molecule has 3 N–H and O–H groups in total. The van der Waals surface area contributed by atoms with Gasteiger partial charge in [-0.15, -0.1) is 0 Å². The lowest BCUT2D eigenvalue weighted by Gasteiger charge is -2.12. The van der Waals surface area contributed by atoms with Crippen molar-refractivity contribution in [3.8, 4) is 0 Å². The summed E-state index contributed by atoms with van der Waals surface area (Å²) in [4.78, 5) is 8.46. The van der Waals surface area contributed by atoms with Gasteiger partial charge in [-0.3, -0.25) is 0 Å². The number of anilines is 2. The lowest BCUT2D eigenvalue weighted by Crippen LogP contribution is -2.22. The van der Waals surface area contributed by atoms with Crippen LogP contribution >= 0.6 is 0 Å². The van der Waals surface area contributed by atoms with Crippen molar-refractivity contribution in [2.75, 3.05) is 24.2 Å². The van der Waals surface area contributed by atoms with Crippen LogP contribution in [-0.4, -0.2) is 34.8 Å². The number of aryl methyl sites for hydroxylation is 1. The lowest BCUT2D eigenvalue weighted by molar-refractivity contribution is 0.164. The zero-order valence-electron chi connectivity index (χ0n) is 9.70. The Balaban J connectivity index is 1.94. The average molecular weight is 222 g/mol. The third-order valence-corrected chi connectivity index (χ3v) is 2.74. The number of nitrogens with one attached hydrogen (secondary N) is 2. The van der Waals surface area contributed by atoms with E-state index in [1.807, 2.05) is 13.0 Å². The van der Waals surface area contributed by atoms with Crippen LogP contribution in [0.15, 0.2) is 6.07 Å². The molecule has 5 heteroatoms. The summed E-state index contributed by atoms with van der Waals surface area (Å²) >= 11 is 0. The van der Waals surface area contributed by atoms with Gasteiger partial charge in [-0.1, -0.05) is 0 Å². The van der Waals surface area contributed by atoms with Gasteiger partial charge in [-0.2, -0.15) is 4.98 Å². The van der Waals surface area contributed by atoms with E-state index in [2.05, 4.69) is 20.6 Å². The first kappa shape index (κ1) is 11.1. The monoisotopic (exact) mass is 222 g/mol. The zero-order chi connectivity index (χ0) is 11.5. The number of rotatable bonds is 5. The quantitative estimate of drug-likeness (QED) is 0.693. The van der Waals surface area contributed by atoms with E-state index >= 15 is 0 Å². The van der Waals surface area contributed by atoms with Crippen LogP contribution in [0.2, 0.25) is 0 Å². The van der Waals surface area contributed by atoms with Crippen molar-refractivity contribution in [1.29, 1.82) is 0 Å². The van der Waals surface area contributed by atoms with Crippen LogP contribution in [0.4, 0.5) is 11.8 Å². The van der Waals surface area contributed by atoms with Gasteiger partial charge in [0.05, 0.1) is 6.10 Å². The molecule has 0 bridgehead atoms. The van der Waals surface area contributed by atoms with Gasteiger partial charge in [-0.05, 0) is 25.7 Å². The first-order valence-electron chi connectivity index (χ1n) is 5.64. The fourth-order valence-corrected chi connectivity index (χ4v) is 1.63. The molecule has 1 aromatic rings. The predicted molar refractivity (Wildman–Crippen MR) is 63.5 cm³/mol. The minimum absolute atomic E-state index is 0.256. The van der Waals surface area contributed by atoms with E-state index in [0.29, 0.717) is 18.4 Å². The smallest absolute Gasteiger partial charge is 0.224 e. The van der Waals surface area contributed by atoms with Gasteiger partial charge in [0.15, 0.2) is 0 Å². The summed E-state index contributed by atoms with van der Waals surface area (Å²) in [7, 11) is 1.79. The third kappa shape index (κ3) is 2.82. The van der Waals surface area contributed by atoms with Crippen LogP contribution in [-0.2, 0) is 0 Å². The molecule has 1 fully saturated rings. The van der Waals surface area contributed by atoms with Crippen LogP contribution in [0.5, 0.6) is 0 Å². The fraction of sp³-hybridized carbons (Fsp3) is 0.636. The van der Waals surface area contributed by atoms with Crippen molar-refractivity contribution in [1.82, 2.24) is 9.97 Å². The van der Waals surface area contributed by atoms with Gasteiger partial charge in [0, 0.05) is 25.4 Å². The first-order valence-corrected chi connectivity index (χ1v) is 5.64. The van der Waals surface area contributed by atoms with Gasteiger partial charge < -0.3 is 15.7 Å². The van der Waals surface area contributed by atoms with Gasteiger partial charge in [0.1, 0.15) is 5.82 Å². The topological polar surface area (TPSA) is 70.1 Å². The minimum Gasteiger partial charge on any atom is -0.391 e. The molecule has 1 heterocycles. The third-order valence-electron chi connectivity index (χ3n) is 2.74. The van der Waals surface area contributed by atoms with E-state index in [9.17, 15) is 5.11 Å². The summed E-state index contributed by atoms with van der Waals surface area (Å²) in [5, 5.41) is 15.8. The Bertz CT molecular complexity index is 365. The van der Waals surface area contributed by atoms with Crippen molar-refractivity contribution in [3.05, 3.63) is 11.8 Å². The van der Waals surface area contributed by atoms with E-state index < -0.39 is 0 Å². The highest BCUT2D eigenvalue weighted by Gasteiger charge is 2.29. The largest absolute Gasteiger partial charge is 0.391 e. The summed E-state index contributed by atoms with van der Waals surface area (Å²) in [5.74, 6) is 1.85. The van der Waals surface area contributed by atoms with Gasteiger partial charge in [0.25, 0.3) is 0 Å². The molecule has 1 unspecified atom stereocenters. The molecule has 5 nitrogen and oxygen atoms in total. The Morgan fingerprint density at radius 3 is 2.88 bits per heavy atom. The normalized spacial score (nSPS) is 16.9. The van der Waals surface area contributed by atoms with Gasteiger partial charge in [-0.25, -0.2) is 4.98 Å². The second kappa shape index (κ2) is 4.65. The second-order valence-corrected chi connectivity index (χ2v) is 4.25. The van der Waals surface area contributed by atoms with Gasteiger partial charge in [0.2, 0.25) is 5.95 Å². The molecule has 0 aromatic carbocycles. The Hall–Kier alpha value is -1.36. The first-order chi connectivity index (χ1) is 7.69. The molecule has 16 heavy (non-hydrogen) atoms. The maximum atomic E-state index is 9.72. The number of nitrogens with zero attached hydrogens (tertiary/aromatic N) is 2. The maximum Gasteiger partial charge on any atom is 0.224 e. The number of aliphatic hydroxyl groups is 1. The zero-order valence-corrected chi connectivity index (χ0v) is 9.70. The van der Waals surface area contributed by atoms with Crippen molar-refractivity contribution < 1.29 is 5.11 Å². The predicted octanol–water partition coefficient (Wildman–Crippen LogP) is 1.01. The van der Waals surface area contributed by atoms with Crippen molar-refractivity contribution in [2.45, 2.75) is 25.9 Å². The molecule has 0 saturated heterocycles. The molecule has 1 aliphatic rings. The fourth-order valence-electron chi connectivity index (χ4n) is 1.63. The summed E-state index contributed by atoms with van der Waals surface area (Å²) in [6, 6.07) is 1.88. The van der Waals surface area contributed by atoms with Crippen molar-refractivity contribution >= 4 is 11.8 Å². The highest BCUT2D eigenvalue weighted by Crippen LogP contribution is 2.32. The van der Waals surface area contributed by atoms with E-state index in [-0.39, 0.29) is 6.10 Å². The van der Waals surface area contributed by atoms with Crippen LogP contribution in [0, 0.1) is 12.8 Å². The minimum atomic E-state index is -0.256. The van der Waals surface area contributed by atoms with Crippen LogP contribution in [0.25, 0.3) is 0 Å². The molecule has 88 valence electrons. The number of aliphatic hydroxyl groups excluding tert-OH is 1. The van der Waals surface area contributed by atoms with Crippen LogP contribution in [0.3, 0.4) is 0 Å². The Morgan fingerprint density at radius 1 is 1.50 bits per heavy atom. The number of hydrogen-bond donors (Lipinski definition) is 3. The van der Waals surface area contributed by atoms with E-state index in [1.165, 1.54) is 0 Å². The average Bonchev–Trinajstić information content (AvgIpc) is 3.08. The Kier molecular flexibility index (Phi) is 3.24. The highest BCUT2D eigenvalue weighted by molar-refractivity contribution is 5.41. The maximum absolute atomic E-state index is 9.72. The summed E-state index contributed by atoms with van der Waals surface area (Å²) in [6.45, 7) is 2.48. The van der Waals surface area contributed by atoms with E-state index in [0.717, 1.165) is 24.4 Å². The molecule has 0 amide bonds. The molecule has 0 radical (unpaired) electrons. The van der Waals surface area contributed by atoms with Crippen LogP contribution < -0.4 is 10.6 Å². The second-order valence-electron chi connectivity index (χ2n) is 4.25. The molecule has 1 aliphatic carbocycles. The Labute approximate surface area is 95.3 Å². The lowest BCUT2D eigenvalue weighted by atomic mass is 10.2. The standard InChI is InChI=1S/C11H18N4O/c1-7-5-10(15-11(12-2)14-7)13-6-9(16)8-3-4-8/h5,8-9,16H,3-4,6H2,1-2H3,(H2,12,13,14,15). The molecule has 0 spiro atoms. The molecular weight excluding hydrogens is 204 g/mol. The number of aromatic nitrogens is 2. The van der Waals surface area contributed by atoms with Gasteiger partial charge >= 0.3 is 0 Å². The highest BCUT2D eigenvalue weighted by atomic mass is 16.3. The van der Waals surface area contributed by atoms with Crippen LogP contribution in [0.1, 0.15) is 18.5 Å². The Morgan fingerprint density at radius 2 is 2.25 bits per heavy atom. The molecule has 1 atom stereocenters. The molecule has 0 aliphatic heterocycles. The molecule has 2 rings (SSSR count). The summed E-state index contributed by atoms with van der Waals surface area (Å²) in [6.07, 6.45) is 2.04. The molecule has 1 aromatic heterocycles.